The topological polar surface area (TPSA) is 67.2 Å². The number of halogens is 2. The van der Waals surface area contributed by atoms with Crippen LogP contribution in [0.2, 0.25) is 0 Å². The van der Waals surface area contributed by atoms with Crippen LogP contribution >= 0.6 is 36.2 Å². The summed E-state index contributed by atoms with van der Waals surface area (Å²) in [4.78, 5) is 18.2. The van der Waals surface area contributed by atoms with E-state index in [4.69, 9.17) is 4.42 Å². The van der Waals surface area contributed by atoms with Gasteiger partial charge in [-0.05, 0) is 31.5 Å². The molecule has 0 aliphatic carbocycles. The van der Waals surface area contributed by atoms with E-state index in [9.17, 15) is 4.79 Å². The van der Waals surface area contributed by atoms with Crippen LogP contribution in [0.4, 0.5) is 0 Å². The second-order valence-corrected chi connectivity index (χ2v) is 7.06. The van der Waals surface area contributed by atoms with E-state index < -0.39 is 0 Å². The number of hydrogen-bond donors (Lipinski definition) is 2. The van der Waals surface area contributed by atoms with E-state index in [0.717, 1.165) is 36.5 Å². The van der Waals surface area contributed by atoms with Gasteiger partial charge in [0.05, 0.1) is 12.0 Å². The number of thiazole rings is 1. The lowest BCUT2D eigenvalue weighted by atomic mass is 10.1. The molecule has 3 aromatic rings. The fraction of sp³-hybridized carbons (Fsp3) is 0.263. The van der Waals surface area contributed by atoms with Crippen LogP contribution in [-0.2, 0) is 0 Å². The molecular weight excluding hydrogens is 405 g/mol. The van der Waals surface area contributed by atoms with Crippen molar-refractivity contribution in [2.24, 2.45) is 0 Å². The Labute approximate surface area is 174 Å². The summed E-state index contributed by atoms with van der Waals surface area (Å²) in [6.45, 7) is 1.83. The summed E-state index contributed by atoms with van der Waals surface area (Å²) in [7, 11) is 0. The van der Waals surface area contributed by atoms with Gasteiger partial charge in [0.1, 0.15) is 4.88 Å². The van der Waals surface area contributed by atoms with Crippen molar-refractivity contribution in [3.63, 3.8) is 0 Å². The van der Waals surface area contributed by atoms with E-state index in [1.807, 2.05) is 42.5 Å². The molecule has 1 fully saturated rings. The number of nitrogens with one attached hydrogen (secondary N) is 2. The highest BCUT2D eigenvalue weighted by molar-refractivity contribution is 7.17. The molecule has 2 aromatic heterocycles. The summed E-state index contributed by atoms with van der Waals surface area (Å²) in [5, 5.41) is 7.18. The van der Waals surface area contributed by atoms with Crippen molar-refractivity contribution in [2.45, 2.75) is 18.9 Å². The van der Waals surface area contributed by atoms with Gasteiger partial charge in [-0.2, -0.15) is 0 Å². The molecule has 144 valence electrons. The van der Waals surface area contributed by atoms with Gasteiger partial charge in [0.25, 0.3) is 5.91 Å². The highest BCUT2D eigenvalue weighted by Gasteiger charge is 2.23. The monoisotopic (exact) mass is 425 g/mol. The smallest absolute Gasteiger partial charge is 0.263 e. The minimum atomic E-state index is -0.0668. The van der Waals surface area contributed by atoms with Crippen molar-refractivity contribution in [3.05, 3.63) is 53.6 Å². The van der Waals surface area contributed by atoms with E-state index in [0.29, 0.717) is 16.3 Å². The summed E-state index contributed by atoms with van der Waals surface area (Å²) in [6, 6.07) is 13.7. The molecule has 1 amide bonds. The van der Waals surface area contributed by atoms with E-state index in [-0.39, 0.29) is 36.8 Å². The molecule has 2 N–H and O–H groups in total. The second kappa shape index (κ2) is 9.90. The third kappa shape index (κ3) is 4.90. The Hall–Kier alpha value is -1.86. The molecule has 0 radical (unpaired) electrons. The van der Waals surface area contributed by atoms with Gasteiger partial charge in [0.15, 0.2) is 10.8 Å². The number of hydrogen-bond acceptors (Lipinski definition) is 5. The number of rotatable bonds is 4. The molecule has 3 heterocycles. The summed E-state index contributed by atoms with van der Waals surface area (Å²) in [5.74, 6) is 0.614. The van der Waals surface area contributed by atoms with Gasteiger partial charge in [0.2, 0.25) is 0 Å². The SMILES string of the molecule is Cl.Cl.O=C(NC1CCCNC1)c1sc(-c2ccco2)nc1-c1ccccc1. The largest absolute Gasteiger partial charge is 0.462 e. The minimum Gasteiger partial charge on any atom is -0.462 e. The molecule has 1 aliphatic rings. The fourth-order valence-electron chi connectivity index (χ4n) is 3.00. The highest BCUT2D eigenvalue weighted by atomic mass is 35.5. The number of aromatic nitrogens is 1. The summed E-state index contributed by atoms with van der Waals surface area (Å²) in [6.07, 6.45) is 3.70. The molecule has 1 atom stereocenters. The highest BCUT2D eigenvalue weighted by Crippen LogP contribution is 2.34. The van der Waals surface area contributed by atoms with E-state index in [1.165, 1.54) is 11.3 Å². The van der Waals surface area contributed by atoms with Crippen LogP contribution in [0.5, 0.6) is 0 Å². The summed E-state index contributed by atoms with van der Waals surface area (Å²) < 4.78 is 5.46. The standard InChI is InChI=1S/C19H19N3O2S.2ClH/c23-18(21-14-8-4-10-20-12-14)17-16(13-6-2-1-3-7-13)22-19(25-17)15-9-5-11-24-15;;/h1-3,5-7,9,11,14,20H,4,8,10,12H2,(H,21,23);2*1H. The van der Waals surface area contributed by atoms with Crippen LogP contribution in [0.15, 0.2) is 53.1 Å². The molecule has 4 rings (SSSR count). The number of carbonyl (C=O) groups excluding carboxylic acids is 1. The maximum atomic E-state index is 12.9. The van der Waals surface area contributed by atoms with Crippen molar-refractivity contribution in [3.8, 4) is 22.0 Å². The van der Waals surface area contributed by atoms with Crippen LogP contribution in [0.3, 0.4) is 0 Å². The molecule has 27 heavy (non-hydrogen) atoms. The molecular formula is C19H21Cl2N3O2S. The van der Waals surface area contributed by atoms with Gasteiger partial charge >= 0.3 is 0 Å². The zero-order chi connectivity index (χ0) is 17.1. The lowest BCUT2D eigenvalue weighted by Crippen LogP contribution is -2.45. The van der Waals surface area contributed by atoms with Crippen molar-refractivity contribution < 1.29 is 9.21 Å². The lowest BCUT2D eigenvalue weighted by Gasteiger charge is -2.23. The first-order chi connectivity index (χ1) is 12.3. The van der Waals surface area contributed by atoms with Crippen LogP contribution in [-0.4, -0.2) is 30.0 Å². The number of furan rings is 1. The zero-order valence-corrected chi connectivity index (χ0v) is 17.0. The van der Waals surface area contributed by atoms with Crippen molar-refractivity contribution in [1.82, 2.24) is 15.6 Å². The zero-order valence-electron chi connectivity index (χ0n) is 14.5. The molecule has 1 saturated heterocycles. The first-order valence-corrected chi connectivity index (χ1v) is 9.24. The van der Waals surface area contributed by atoms with Crippen molar-refractivity contribution in [1.29, 1.82) is 0 Å². The third-order valence-electron chi connectivity index (χ3n) is 4.24. The molecule has 5 nitrogen and oxygen atoms in total. The van der Waals surface area contributed by atoms with Crippen LogP contribution in [0.25, 0.3) is 22.0 Å². The maximum absolute atomic E-state index is 12.9. The average molecular weight is 426 g/mol. The number of piperidine rings is 1. The minimum absolute atomic E-state index is 0. The van der Waals surface area contributed by atoms with Crippen LogP contribution < -0.4 is 10.6 Å². The van der Waals surface area contributed by atoms with Gasteiger partial charge in [0, 0.05) is 18.2 Å². The van der Waals surface area contributed by atoms with Crippen molar-refractivity contribution >= 4 is 42.1 Å². The lowest BCUT2D eigenvalue weighted by molar-refractivity contribution is 0.0935. The first kappa shape index (κ1) is 21.4. The first-order valence-electron chi connectivity index (χ1n) is 8.43. The average Bonchev–Trinajstić information content (AvgIpc) is 3.33. The fourth-order valence-corrected chi connectivity index (χ4v) is 3.96. The van der Waals surface area contributed by atoms with Gasteiger partial charge < -0.3 is 15.1 Å². The van der Waals surface area contributed by atoms with Crippen LogP contribution in [0.1, 0.15) is 22.5 Å². The van der Waals surface area contributed by atoms with Gasteiger partial charge in [-0.1, -0.05) is 30.3 Å². The molecule has 1 aromatic carbocycles. The van der Waals surface area contributed by atoms with Gasteiger partial charge in [-0.15, -0.1) is 36.2 Å². The molecule has 1 aliphatic heterocycles. The number of carbonyl (C=O) groups is 1. The molecule has 0 saturated carbocycles. The van der Waals surface area contributed by atoms with Gasteiger partial charge in [-0.3, -0.25) is 4.79 Å². The van der Waals surface area contributed by atoms with Gasteiger partial charge in [-0.25, -0.2) is 4.98 Å². The Balaban J connectivity index is 0.00000131. The molecule has 8 heteroatoms. The normalized spacial score (nSPS) is 16.1. The Morgan fingerprint density at radius 3 is 2.67 bits per heavy atom. The van der Waals surface area contributed by atoms with Crippen LogP contribution in [0, 0.1) is 0 Å². The Morgan fingerprint density at radius 2 is 2.00 bits per heavy atom. The van der Waals surface area contributed by atoms with E-state index >= 15 is 0 Å². The summed E-state index contributed by atoms with van der Waals surface area (Å²) >= 11 is 1.37. The summed E-state index contributed by atoms with van der Waals surface area (Å²) in [5.41, 5.74) is 1.64. The predicted octanol–water partition coefficient (Wildman–Crippen LogP) is 4.40. The second-order valence-electron chi connectivity index (χ2n) is 6.06. The maximum Gasteiger partial charge on any atom is 0.263 e. The molecule has 0 spiro atoms. The van der Waals surface area contributed by atoms with Crippen molar-refractivity contribution in [2.75, 3.05) is 13.1 Å². The predicted molar refractivity (Wildman–Crippen MR) is 113 cm³/mol. The third-order valence-corrected chi connectivity index (χ3v) is 5.31. The number of amides is 1. The molecule has 1 unspecified atom stereocenters. The Morgan fingerprint density at radius 1 is 1.19 bits per heavy atom. The van der Waals surface area contributed by atoms with E-state index in [2.05, 4.69) is 15.6 Å². The molecule has 0 bridgehead atoms. The quantitative estimate of drug-likeness (QED) is 0.649. The van der Waals surface area contributed by atoms with E-state index in [1.54, 1.807) is 6.26 Å². The number of nitrogens with zero attached hydrogens (tertiary/aromatic N) is 1. The number of benzene rings is 1. The Bertz CT molecular complexity index is 847. The Kier molecular flexibility index (Phi) is 7.86.